The molecule has 286 valence electrons. The maximum atomic E-state index is 12.1. The molecule has 0 fully saturated rings. The van der Waals surface area contributed by atoms with E-state index in [0.29, 0.717) is 44.9 Å². The average Bonchev–Trinajstić information content (AvgIpc) is 3.71. The molecule has 2 aliphatic rings. The standard InChI is InChI=1S/C38H42N4O8.C2H4O2/c1-17-25(9-11-35(45)46)31-16-32-26(10-12-36(47)48)18(2)28(40-32)14-33-38(22(6)50-24(8)44)20(4)30(42-33)15-34-37(21(5)49-23(7)43)19(3)29(41-34)13-27(17)39-31;1-2(3)4/h13-16,21-22,40-41H,9-12H2,1-8H3,(H,45,46)(H,47,48);1H3,(H,3,4). The number of ether oxygens (including phenoxy) is 2. The van der Waals surface area contributed by atoms with E-state index in [1.54, 1.807) is 13.8 Å². The largest absolute Gasteiger partial charge is 0.481 e. The van der Waals surface area contributed by atoms with Crippen molar-refractivity contribution in [1.82, 2.24) is 19.9 Å². The average molecular weight is 743 g/mol. The Balaban J connectivity index is 0.00000155. The van der Waals surface area contributed by atoms with E-state index in [2.05, 4.69) is 9.97 Å². The molecule has 3 aromatic rings. The van der Waals surface area contributed by atoms with Gasteiger partial charge >= 0.3 is 23.9 Å². The number of fused-ring (bicyclic) bond motifs is 8. The van der Waals surface area contributed by atoms with Crippen molar-refractivity contribution in [2.75, 3.05) is 0 Å². The third-order valence-corrected chi connectivity index (χ3v) is 9.31. The predicted octanol–water partition coefficient (Wildman–Crippen LogP) is 7.34. The maximum absolute atomic E-state index is 12.1. The second-order valence-electron chi connectivity index (χ2n) is 13.3. The normalized spacial score (nSPS) is 13.5. The van der Waals surface area contributed by atoms with Gasteiger partial charge in [0.1, 0.15) is 12.2 Å². The topological polar surface area (TPSA) is 222 Å². The molecule has 14 heteroatoms. The van der Waals surface area contributed by atoms with Crippen LogP contribution in [0.3, 0.4) is 0 Å². The summed E-state index contributed by atoms with van der Waals surface area (Å²) in [5.41, 5.74) is 11.4. The molecule has 0 aromatic carbocycles. The summed E-state index contributed by atoms with van der Waals surface area (Å²) in [4.78, 5) is 73.4. The molecule has 2 aliphatic heterocycles. The second-order valence-corrected chi connectivity index (χ2v) is 13.3. The first-order chi connectivity index (χ1) is 25.3. The number of carboxylic acids is 3. The Labute approximate surface area is 312 Å². The molecule has 5 rings (SSSR count). The molecule has 8 bridgehead atoms. The number of aliphatic carboxylic acids is 3. The number of esters is 2. The van der Waals surface area contributed by atoms with Gasteiger partial charge in [0.2, 0.25) is 0 Å². The molecule has 5 heterocycles. The van der Waals surface area contributed by atoms with Gasteiger partial charge in [0, 0.05) is 66.8 Å². The van der Waals surface area contributed by atoms with Gasteiger partial charge in [0.25, 0.3) is 5.97 Å². The van der Waals surface area contributed by atoms with Gasteiger partial charge in [-0.15, -0.1) is 0 Å². The van der Waals surface area contributed by atoms with Gasteiger partial charge in [-0.25, -0.2) is 9.97 Å². The molecule has 0 saturated carbocycles. The Bertz CT molecular complexity index is 2270. The highest BCUT2D eigenvalue weighted by atomic mass is 16.5. The number of hydrogen-bond acceptors (Lipinski definition) is 9. The highest BCUT2D eigenvalue weighted by Gasteiger charge is 2.26. The third-order valence-electron chi connectivity index (χ3n) is 9.31. The van der Waals surface area contributed by atoms with Crippen LogP contribution in [-0.4, -0.2) is 71.2 Å². The van der Waals surface area contributed by atoms with Gasteiger partial charge in [0.15, 0.2) is 0 Å². The van der Waals surface area contributed by atoms with Gasteiger partial charge in [-0.1, -0.05) is 0 Å². The molecule has 0 saturated heterocycles. The van der Waals surface area contributed by atoms with Crippen LogP contribution < -0.4 is 0 Å². The van der Waals surface area contributed by atoms with Crippen LogP contribution in [0.1, 0.15) is 119 Å². The van der Waals surface area contributed by atoms with Gasteiger partial charge in [0.05, 0.1) is 22.8 Å². The van der Waals surface area contributed by atoms with Crippen molar-refractivity contribution in [2.24, 2.45) is 0 Å². The lowest BCUT2D eigenvalue weighted by Crippen LogP contribution is -2.14. The summed E-state index contributed by atoms with van der Waals surface area (Å²) in [6, 6.07) is 7.50. The van der Waals surface area contributed by atoms with Crippen molar-refractivity contribution in [3.05, 3.63) is 69.3 Å². The SMILES string of the molecule is CC(=O)O.CC(=O)OC(C)C1=C(C)c2cc3[nH]c(cc4nc(cc5[nH]c(cc1n2)c(C)c5CCC(=O)O)C(CCC(=O)O)=C4C)c(C)c3C(C)OC(C)=O. The molecule has 2 unspecified atom stereocenters. The van der Waals surface area contributed by atoms with E-state index in [-0.39, 0.29) is 25.7 Å². The second kappa shape index (κ2) is 16.7. The highest BCUT2D eigenvalue weighted by molar-refractivity contribution is 5.96. The Morgan fingerprint density at radius 3 is 1.69 bits per heavy atom. The lowest BCUT2D eigenvalue weighted by atomic mass is 9.99. The Morgan fingerprint density at radius 1 is 0.630 bits per heavy atom. The van der Waals surface area contributed by atoms with Gasteiger partial charge in [-0.2, -0.15) is 0 Å². The van der Waals surface area contributed by atoms with Crippen molar-refractivity contribution in [2.45, 2.75) is 100 Å². The lowest BCUT2D eigenvalue weighted by Gasteiger charge is -2.14. The molecular weight excluding hydrogens is 696 g/mol. The molecule has 0 spiro atoms. The van der Waals surface area contributed by atoms with Gasteiger partial charge < -0.3 is 34.8 Å². The zero-order chi connectivity index (χ0) is 40.2. The molecule has 54 heavy (non-hydrogen) atoms. The first-order valence-corrected chi connectivity index (χ1v) is 17.4. The summed E-state index contributed by atoms with van der Waals surface area (Å²) in [5, 5.41) is 26.5. The molecule has 0 radical (unpaired) electrons. The van der Waals surface area contributed by atoms with Gasteiger partial charge in [-0.3, -0.25) is 24.0 Å². The van der Waals surface area contributed by atoms with Crippen LogP contribution >= 0.6 is 0 Å². The monoisotopic (exact) mass is 742 g/mol. The minimum atomic E-state index is -0.935. The Kier molecular flexibility index (Phi) is 12.6. The van der Waals surface area contributed by atoms with E-state index >= 15 is 0 Å². The number of nitrogens with zero attached hydrogens (tertiary/aromatic N) is 2. The van der Waals surface area contributed by atoms with Crippen LogP contribution in [-0.2, 0) is 39.9 Å². The number of H-pyrrole nitrogens is 2. The van der Waals surface area contributed by atoms with E-state index in [0.717, 1.165) is 51.4 Å². The van der Waals surface area contributed by atoms with E-state index in [1.807, 2.05) is 52.0 Å². The van der Waals surface area contributed by atoms with Crippen LogP contribution in [0.5, 0.6) is 0 Å². The fourth-order valence-corrected chi connectivity index (χ4v) is 6.90. The summed E-state index contributed by atoms with van der Waals surface area (Å²) in [6.07, 6.45) is -0.945. The number of carbonyl (C=O) groups is 5. The summed E-state index contributed by atoms with van der Waals surface area (Å²) in [7, 11) is 0. The van der Waals surface area contributed by atoms with Crippen molar-refractivity contribution in [3.8, 4) is 0 Å². The Hall–Kier alpha value is -6.05. The number of aromatic amines is 2. The van der Waals surface area contributed by atoms with E-state index in [1.165, 1.54) is 13.8 Å². The van der Waals surface area contributed by atoms with E-state index in [4.69, 9.17) is 29.3 Å². The molecule has 3 aromatic heterocycles. The lowest BCUT2D eigenvalue weighted by molar-refractivity contribution is -0.146. The quantitative estimate of drug-likeness (QED) is 0.129. The third kappa shape index (κ3) is 9.29. The first-order valence-electron chi connectivity index (χ1n) is 17.4. The molecular formula is C40H46N4O10. The minimum absolute atomic E-state index is 0.0960. The van der Waals surface area contributed by atoms with Crippen LogP contribution in [0.4, 0.5) is 0 Å². The number of allylic oxidation sites excluding steroid dienone is 3. The number of aryl methyl sites for hydroxylation is 3. The van der Waals surface area contributed by atoms with Crippen LogP contribution in [0.2, 0.25) is 0 Å². The van der Waals surface area contributed by atoms with Crippen molar-refractivity contribution >= 4 is 74.2 Å². The van der Waals surface area contributed by atoms with Crippen molar-refractivity contribution in [1.29, 1.82) is 0 Å². The number of carbonyl (C=O) groups excluding carboxylic acids is 2. The summed E-state index contributed by atoms with van der Waals surface area (Å²) in [6.45, 7) is 15.0. The first kappa shape index (κ1) is 40.7. The Morgan fingerprint density at radius 2 is 1.09 bits per heavy atom. The predicted molar refractivity (Wildman–Crippen MR) is 203 cm³/mol. The zero-order valence-electron chi connectivity index (χ0n) is 31.9. The van der Waals surface area contributed by atoms with E-state index < -0.39 is 42.1 Å². The molecule has 2 atom stereocenters. The molecule has 0 aliphatic carbocycles. The van der Waals surface area contributed by atoms with E-state index in [9.17, 15) is 29.4 Å². The van der Waals surface area contributed by atoms with Crippen LogP contribution in [0.25, 0.3) is 44.4 Å². The number of carboxylic acid groups (broad SMARTS) is 3. The minimum Gasteiger partial charge on any atom is -0.481 e. The number of rotatable bonds is 10. The van der Waals surface area contributed by atoms with Crippen LogP contribution in [0, 0.1) is 13.8 Å². The zero-order valence-corrected chi connectivity index (χ0v) is 31.9. The van der Waals surface area contributed by atoms with Crippen molar-refractivity contribution in [3.63, 3.8) is 0 Å². The fourth-order valence-electron chi connectivity index (χ4n) is 6.90. The summed E-state index contributed by atoms with van der Waals surface area (Å²) in [5.74, 6) is -3.57. The fraction of sp³-hybridized carbons (Fsp3) is 0.375. The number of nitrogens with one attached hydrogen (secondary N) is 2. The number of hydrogen-bond donors (Lipinski definition) is 5. The highest BCUT2D eigenvalue weighted by Crippen LogP contribution is 2.38. The molecule has 0 amide bonds. The molecule has 5 N–H and O–H groups in total. The summed E-state index contributed by atoms with van der Waals surface area (Å²) < 4.78 is 11.3. The maximum Gasteiger partial charge on any atom is 0.303 e. The van der Waals surface area contributed by atoms with Crippen LogP contribution in [0.15, 0.2) is 24.3 Å². The smallest absolute Gasteiger partial charge is 0.303 e. The summed E-state index contributed by atoms with van der Waals surface area (Å²) >= 11 is 0. The van der Waals surface area contributed by atoms with Crippen molar-refractivity contribution < 1.29 is 48.8 Å². The number of aromatic nitrogens is 4. The van der Waals surface area contributed by atoms with Gasteiger partial charge in [-0.05, 0) is 112 Å². The molecule has 14 nitrogen and oxygen atoms in total.